The average molecular weight is 391 g/mol. The van der Waals surface area contributed by atoms with Gasteiger partial charge < -0.3 is 19.7 Å². The maximum atomic E-state index is 10.0. The molecule has 0 bridgehead atoms. The smallest absolute Gasteiger partial charge is 0.149 e. The summed E-state index contributed by atoms with van der Waals surface area (Å²) in [5.41, 5.74) is 3.27. The van der Waals surface area contributed by atoms with E-state index >= 15 is 0 Å². The number of hydrogen-bond acceptors (Lipinski definition) is 4. The molecular weight excluding hydrogens is 364 g/mol. The lowest BCUT2D eigenvalue weighted by Gasteiger charge is -2.34. The minimum atomic E-state index is -1.50. The van der Waals surface area contributed by atoms with Gasteiger partial charge in [0.05, 0.1) is 6.61 Å². The Morgan fingerprint density at radius 2 is 2.14 bits per heavy atom. The SMILES string of the molecule is CCCCO[C@@H]1C=C(Br)[C@@H](C#C[Si](C)(C)C)O[C@@H]1[C@H](O)CO. The van der Waals surface area contributed by atoms with Gasteiger partial charge in [0.2, 0.25) is 0 Å². The normalized spacial score (nSPS) is 26.9. The average Bonchev–Trinajstić information content (AvgIpc) is 2.44. The number of unbranched alkanes of at least 4 members (excludes halogenated alkanes) is 1. The van der Waals surface area contributed by atoms with Crippen LogP contribution in [0.1, 0.15) is 19.8 Å². The van der Waals surface area contributed by atoms with Gasteiger partial charge >= 0.3 is 0 Å². The Bertz CT molecular complexity index is 436. The van der Waals surface area contributed by atoms with Crippen LogP contribution >= 0.6 is 15.9 Å². The molecule has 0 aromatic heterocycles. The van der Waals surface area contributed by atoms with Gasteiger partial charge in [-0.1, -0.05) is 54.8 Å². The molecule has 0 spiro atoms. The zero-order chi connectivity index (χ0) is 16.8. The maximum absolute atomic E-state index is 10.0. The predicted molar refractivity (Wildman–Crippen MR) is 94.5 cm³/mol. The first-order chi connectivity index (χ1) is 10.3. The molecule has 0 fully saturated rings. The molecule has 0 amide bonds. The van der Waals surface area contributed by atoms with Crippen LogP contribution in [0.2, 0.25) is 19.6 Å². The zero-order valence-electron chi connectivity index (χ0n) is 13.8. The highest BCUT2D eigenvalue weighted by atomic mass is 79.9. The van der Waals surface area contributed by atoms with E-state index in [9.17, 15) is 10.2 Å². The maximum Gasteiger partial charge on any atom is 0.149 e. The molecule has 0 unspecified atom stereocenters. The van der Waals surface area contributed by atoms with E-state index in [0.29, 0.717) is 6.61 Å². The van der Waals surface area contributed by atoms with Crippen molar-refractivity contribution in [3.8, 4) is 11.5 Å². The van der Waals surface area contributed by atoms with Crippen molar-refractivity contribution < 1.29 is 19.7 Å². The third-order valence-electron chi connectivity index (χ3n) is 3.14. The fourth-order valence-electron chi connectivity index (χ4n) is 1.94. The van der Waals surface area contributed by atoms with E-state index in [4.69, 9.17) is 9.47 Å². The van der Waals surface area contributed by atoms with Gasteiger partial charge in [-0.3, -0.25) is 0 Å². The molecule has 0 aromatic carbocycles. The molecule has 4 atom stereocenters. The molecule has 0 radical (unpaired) electrons. The third kappa shape index (κ3) is 6.53. The van der Waals surface area contributed by atoms with E-state index in [1.54, 1.807) is 0 Å². The van der Waals surface area contributed by atoms with Gasteiger partial charge in [-0.25, -0.2) is 0 Å². The quantitative estimate of drug-likeness (QED) is 0.415. The van der Waals surface area contributed by atoms with Crippen LogP contribution in [0.3, 0.4) is 0 Å². The highest BCUT2D eigenvalue weighted by Crippen LogP contribution is 2.27. The molecule has 4 nitrogen and oxygen atoms in total. The first kappa shape index (κ1) is 19.9. The summed E-state index contributed by atoms with van der Waals surface area (Å²) in [5, 5.41) is 19.2. The molecule has 0 saturated carbocycles. The summed E-state index contributed by atoms with van der Waals surface area (Å²) in [4.78, 5) is 0. The Kier molecular flexibility index (Phi) is 8.32. The summed E-state index contributed by atoms with van der Waals surface area (Å²) < 4.78 is 12.5. The number of halogens is 1. The molecule has 2 N–H and O–H groups in total. The van der Waals surface area contributed by atoms with E-state index in [1.807, 2.05) is 6.08 Å². The van der Waals surface area contributed by atoms with Crippen molar-refractivity contribution in [2.75, 3.05) is 13.2 Å². The molecule has 6 heteroatoms. The Labute approximate surface area is 143 Å². The van der Waals surface area contributed by atoms with Crippen LogP contribution in [-0.4, -0.2) is 55.9 Å². The summed E-state index contributed by atoms with van der Waals surface area (Å²) in [6, 6.07) is 0. The molecule has 0 saturated heterocycles. The fraction of sp³-hybridized carbons (Fsp3) is 0.750. The summed E-state index contributed by atoms with van der Waals surface area (Å²) in [5.74, 6) is 3.13. The lowest BCUT2D eigenvalue weighted by atomic mass is 10.0. The highest BCUT2D eigenvalue weighted by molar-refractivity contribution is 9.11. The minimum absolute atomic E-state index is 0.363. The van der Waals surface area contributed by atoms with Gasteiger partial charge in [0.25, 0.3) is 0 Å². The number of rotatable bonds is 6. The van der Waals surface area contributed by atoms with Gasteiger partial charge in [-0.15, -0.1) is 5.54 Å². The highest BCUT2D eigenvalue weighted by Gasteiger charge is 2.35. The third-order valence-corrected chi connectivity index (χ3v) is 4.72. The van der Waals surface area contributed by atoms with Gasteiger partial charge in [-0.05, 0) is 12.5 Å². The van der Waals surface area contributed by atoms with E-state index in [0.717, 1.165) is 17.3 Å². The topological polar surface area (TPSA) is 58.9 Å². The molecule has 0 aliphatic carbocycles. The summed E-state index contributed by atoms with van der Waals surface area (Å²) in [6.07, 6.45) is 1.49. The van der Waals surface area contributed by atoms with Crippen molar-refractivity contribution in [1.82, 2.24) is 0 Å². The van der Waals surface area contributed by atoms with Crippen LogP contribution in [0.25, 0.3) is 0 Å². The first-order valence-electron chi connectivity index (χ1n) is 7.74. The standard InChI is InChI=1S/C16H27BrO4Si/c1-5-6-8-20-15-10-12(17)14(7-9-22(2,3)4)21-16(15)13(19)11-18/h10,13-16,18-19H,5-6,8,11H2,1-4H3/t13-,14-,15-,16-/m1/s1. The van der Waals surface area contributed by atoms with Crippen LogP contribution in [0, 0.1) is 11.5 Å². The van der Waals surface area contributed by atoms with Crippen molar-refractivity contribution in [3.05, 3.63) is 10.6 Å². The van der Waals surface area contributed by atoms with Crippen molar-refractivity contribution in [1.29, 1.82) is 0 Å². The van der Waals surface area contributed by atoms with E-state index in [1.165, 1.54) is 0 Å². The fourth-order valence-corrected chi connectivity index (χ4v) is 2.99. The van der Waals surface area contributed by atoms with Crippen molar-refractivity contribution >= 4 is 24.0 Å². The molecule has 1 aliphatic rings. The van der Waals surface area contributed by atoms with Crippen molar-refractivity contribution in [3.63, 3.8) is 0 Å². The Hall–Kier alpha value is -0.163. The van der Waals surface area contributed by atoms with Gasteiger partial charge in [0, 0.05) is 11.1 Å². The molecule has 22 heavy (non-hydrogen) atoms. The van der Waals surface area contributed by atoms with Gasteiger partial charge in [-0.2, -0.15) is 0 Å². The Balaban J connectivity index is 2.89. The Morgan fingerprint density at radius 1 is 1.45 bits per heavy atom. The summed E-state index contributed by atoms with van der Waals surface area (Å²) in [6.45, 7) is 8.82. The summed E-state index contributed by atoms with van der Waals surface area (Å²) in [7, 11) is -1.50. The number of aliphatic hydroxyl groups is 2. The second kappa shape index (κ2) is 9.21. The minimum Gasteiger partial charge on any atom is -0.394 e. The van der Waals surface area contributed by atoms with E-state index in [-0.39, 0.29) is 12.7 Å². The molecule has 126 valence electrons. The first-order valence-corrected chi connectivity index (χ1v) is 12.0. The molecule has 1 rings (SSSR count). The molecule has 0 aromatic rings. The number of hydrogen-bond donors (Lipinski definition) is 2. The summed E-state index contributed by atoms with van der Waals surface area (Å²) >= 11 is 3.50. The largest absolute Gasteiger partial charge is 0.394 e. The van der Waals surface area contributed by atoms with Crippen LogP contribution in [-0.2, 0) is 9.47 Å². The van der Waals surface area contributed by atoms with Gasteiger partial charge in [0.15, 0.2) is 0 Å². The monoisotopic (exact) mass is 390 g/mol. The Morgan fingerprint density at radius 3 is 2.68 bits per heavy atom. The zero-order valence-corrected chi connectivity index (χ0v) is 16.4. The van der Waals surface area contributed by atoms with E-state index in [2.05, 4.69) is 54.0 Å². The van der Waals surface area contributed by atoms with Crippen LogP contribution < -0.4 is 0 Å². The second-order valence-electron chi connectivity index (χ2n) is 6.49. The molecule has 1 heterocycles. The lowest BCUT2D eigenvalue weighted by molar-refractivity contribution is -0.130. The predicted octanol–water partition coefficient (Wildman–Crippen LogP) is 2.45. The second-order valence-corrected chi connectivity index (χ2v) is 12.2. The van der Waals surface area contributed by atoms with E-state index < -0.39 is 26.4 Å². The van der Waals surface area contributed by atoms with Crippen LogP contribution in [0.15, 0.2) is 10.6 Å². The molecular formula is C16H27BrO4Si. The van der Waals surface area contributed by atoms with Crippen LogP contribution in [0.4, 0.5) is 0 Å². The van der Waals surface area contributed by atoms with Gasteiger partial charge in [0.1, 0.15) is 32.5 Å². The number of ether oxygens (including phenoxy) is 2. The number of aliphatic hydroxyl groups excluding tert-OH is 2. The van der Waals surface area contributed by atoms with Crippen LogP contribution in [0.5, 0.6) is 0 Å². The lowest BCUT2D eigenvalue weighted by Crippen LogP contribution is -2.47. The molecule has 1 aliphatic heterocycles. The van der Waals surface area contributed by atoms with Crippen molar-refractivity contribution in [2.24, 2.45) is 0 Å². The van der Waals surface area contributed by atoms with Crippen molar-refractivity contribution in [2.45, 2.75) is 63.8 Å².